The molecule has 0 atom stereocenters. The van der Waals surface area contributed by atoms with Crippen molar-refractivity contribution in [2.45, 2.75) is 26.7 Å². The van der Waals surface area contributed by atoms with Crippen LogP contribution in [0, 0.1) is 12.7 Å². The van der Waals surface area contributed by atoms with Crippen LogP contribution in [0.2, 0.25) is 0 Å². The molecule has 1 aromatic rings. The van der Waals surface area contributed by atoms with Gasteiger partial charge in [-0.25, -0.2) is 4.39 Å². The first kappa shape index (κ1) is 8.97. The molecule has 0 bridgehead atoms. The zero-order valence-corrected chi connectivity index (χ0v) is 7.44. The number of hydrogen-bond donors (Lipinski definition) is 1. The number of hydrogen-bond acceptors (Lipinski definition) is 1. The molecule has 0 radical (unpaired) electrons. The number of rotatable bonds is 1. The molecule has 0 fully saturated rings. The molecule has 0 amide bonds. The molecular formula is C9H12FNO. The second-order valence-corrected chi connectivity index (χ2v) is 3.21. The maximum absolute atomic E-state index is 13.1. The molecule has 0 aliphatic carbocycles. The number of H-pyrrole nitrogens is 1. The second-order valence-electron chi connectivity index (χ2n) is 3.21. The van der Waals surface area contributed by atoms with E-state index < -0.39 is 11.4 Å². The molecule has 66 valence electrons. The molecule has 0 aliphatic heterocycles. The normalized spacial score (nSPS) is 10.8. The van der Waals surface area contributed by atoms with E-state index in [4.69, 9.17) is 0 Å². The summed E-state index contributed by atoms with van der Waals surface area (Å²) < 4.78 is 13.1. The first-order valence-corrected chi connectivity index (χ1v) is 3.91. The van der Waals surface area contributed by atoms with Crippen molar-refractivity contribution in [3.05, 3.63) is 33.5 Å². The van der Waals surface area contributed by atoms with E-state index in [1.165, 1.54) is 0 Å². The molecule has 0 aromatic carbocycles. The van der Waals surface area contributed by atoms with Crippen LogP contribution < -0.4 is 5.56 Å². The molecule has 0 saturated heterocycles. The summed E-state index contributed by atoms with van der Waals surface area (Å²) in [6.45, 7) is 5.46. The van der Waals surface area contributed by atoms with Crippen LogP contribution in [0.25, 0.3) is 0 Å². The lowest BCUT2D eigenvalue weighted by atomic mass is 10.0. The summed E-state index contributed by atoms with van der Waals surface area (Å²) in [5, 5.41) is 0. The van der Waals surface area contributed by atoms with Gasteiger partial charge in [-0.3, -0.25) is 4.79 Å². The highest BCUT2D eigenvalue weighted by Gasteiger charge is 2.10. The molecule has 0 unspecified atom stereocenters. The van der Waals surface area contributed by atoms with E-state index in [1.54, 1.807) is 13.0 Å². The molecule has 3 heteroatoms. The lowest BCUT2D eigenvalue weighted by molar-refractivity contribution is 0.578. The Morgan fingerprint density at radius 3 is 2.58 bits per heavy atom. The largest absolute Gasteiger partial charge is 0.324 e. The molecule has 1 heterocycles. The van der Waals surface area contributed by atoms with Gasteiger partial charge >= 0.3 is 0 Å². The Labute approximate surface area is 70.4 Å². The Balaban J connectivity index is 3.38. The number of nitrogens with one attached hydrogen (secondary N) is 1. The van der Waals surface area contributed by atoms with Gasteiger partial charge in [0.1, 0.15) is 0 Å². The average Bonchev–Trinajstić information content (AvgIpc) is 1.96. The van der Waals surface area contributed by atoms with E-state index in [0.717, 1.165) is 0 Å². The van der Waals surface area contributed by atoms with Crippen LogP contribution in [-0.4, -0.2) is 4.98 Å². The number of halogens is 1. The fraction of sp³-hybridized carbons (Fsp3) is 0.444. The Morgan fingerprint density at radius 2 is 2.08 bits per heavy atom. The summed E-state index contributed by atoms with van der Waals surface area (Å²) in [6.07, 6.45) is 0. The third-order valence-corrected chi connectivity index (χ3v) is 1.76. The summed E-state index contributed by atoms with van der Waals surface area (Å²) in [6, 6.07) is 1.67. The lowest BCUT2D eigenvalue weighted by Gasteiger charge is -2.06. The number of aromatic amines is 1. The van der Waals surface area contributed by atoms with Gasteiger partial charge in [0, 0.05) is 5.69 Å². The van der Waals surface area contributed by atoms with Gasteiger partial charge in [-0.05, 0) is 24.5 Å². The van der Waals surface area contributed by atoms with Gasteiger partial charge < -0.3 is 4.98 Å². The summed E-state index contributed by atoms with van der Waals surface area (Å²) in [5.41, 5.74) is 0.556. The minimum atomic E-state index is -0.657. The number of aryl methyl sites for hydroxylation is 1. The SMILES string of the molecule is Cc1cc(C(C)C)c(F)c(=O)[nH]1. The van der Waals surface area contributed by atoms with Gasteiger partial charge in [-0.2, -0.15) is 0 Å². The fourth-order valence-corrected chi connectivity index (χ4v) is 1.12. The summed E-state index contributed by atoms with van der Waals surface area (Å²) in [7, 11) is 0. The Morgan fingerprint density at radius 1 is 1.50 bits per heavy atom. The van der Waals surface area contributed by atoms with E-state index in [-0.39, 0.29) is 5.92 Å². The zero-order chi connectivity index (χ0) is 9.30. The molecule has 2 nitrogen and oxygen atoms in total. The summed E-state index contributed by atoms with van der Waals surface area (Å²) in [5.74, 6) is -0.610. The van der Waals surface area contributed by atoms with E-state index in [2.05, 4.69) is 4.98 Å². The Hall–Kier alpha value is -1.12. The first-order valence-electron chi connectivity index (χ1n) is 3.91. The van der Waals surface area contributed by atoms with Gasteiger partial charge in [0.25, 0.3) is 5.56 Å². The average molecular weight is 169 g/mol. The minimum Gasteiger partial charge on any atom is -0.324 e. The molecule has 12 heavy (non-hydrogen) atoms. The minimum absolute atomic E-state index is 0.0472. The van der Waals surface area contributed by atoms with Crippen molar-refractivity contribution in [2.75, 3.05) is 0 Å². The number of aromatic nitrogens is 1. The molecule has 1 aromatic heterocycles. The van der Waals surface area contributed by atoms with Crippen LogP contribution in [0.15, 0.2) is 10.9 Å². The maximum atomic E-state index is 13.1. The van der Waals surface area contributed by atoms with Crippen molar-refractivity contribution >= 4 is 0 Å². The van der Waals surface area contributed by atoms with E-state index in [9.17, 15) is 9.18 Å². The lowest BCUT2D eigenvalue weighted by Crippen LogP contribution is -2.15. The van der Waals surface area contributed by atoms with Crippen molar-refractivity contribution in [2.24, 2.45) is 0 Å². The van der Waals surface area contributed by atoms with Gasteiger partial charge in [-0.1, -0.05) is 13.8 Å². The van der Waals surface area contributed by atoms with E-state index in [1.807, 2.05) is 13.8 Å². The first-order chi connectivity index (χ1) is 5.52. The van der Waals surface area contributed by atoms with Crippen LogP contribution in [0.3, 0.4) is 0 Å². The molecular weight excluding hydrogens is 157 g/mol. The van der Waals surface area contributed by atoms with Gasteiger partial charge in [0.05, 0.1) is 0 Å². The summed E-state index contributed by atoms with van der Waals surface area (Å²) >= 11 is 0. The highest BCUT2D eigenvalue weighted by Crippen LogP contribution is 2.15. The predicted molar refractivity (Wildman–Crippen MR) is 45.8 cm³/mol. The highest BCUT2D eigenvalue weighted by molar-refractivity contribution is 5.20. The van der Waals surface area contributed by atoms with Crippen LogP contribution in [0.1, 0.15) is 31.0 Å². The van der Waals surface area contributed by atoms with E-state index >= 15 is 0 Å². The van der Waals surface area contributed by atoms with Crippen molar-refractivity contribution < 1.29 is 4.39 Å². The molecule has 1 rings (SSSR count). The van der Waals surface area contributed by atoms with Crippen LogP contribution in [0.4, 0.5) is 4.39 Å². The van der Waals surface area contributed by atoms with Gasteiger partial charge in [0.15, 0.2) is 5.82 Å². The van der Waals surface area contributed by atoms with Crippen molar-refractivity contribution in [1.82, 2.24) is 4.98 Å². The van der Waals surface area contributed by atoms with Crippen LogP contribution in [0.5, 0.6) is 0 Å². The van der Waals surface area contributed by atoms with Gasteiger partial charge in [-0.15, -0.1) is 0 Å². The summed E-state index contributed by atoms with van der Waals surface area (Å²) in [4.78, 5) is 13.3. The Kier molecular flexibility index (Phi) is 2.31. The van der Waals surface area contributed by atoms with Crippen LogP contribution >= 0.6 is 0 Å². The monoisotopic (exact) mass is 169 g/mol. The maximum Gasteiger partial charge on any atom is 0.284 e. The quantitative estimate of drug-likeness (QED) is 0.684. The van der Waals surface area contributed by atoms with Gasteiger partial charge in [0.2, 0.25) is 0 Å². The van der Waals surface area contributed by atoms with Crippen molar-refractivity contribution in [1.29, 1.82) is 0 Å². The number of pyridine rings is 1. The predicted octanol–water partition coefficient (Wildman–Crippen LogP) is 1.95. The van der Waals surface area contributed by atoms with Crippen molar-refractivity contribution in [3.8, 4) is 0 Å². The third-order valence-electron chi connectivity index (χ3n) is 1.76. The zero-order valence-electron chi connectivity index (χ0n) is 7.44. The van der Waals surface area contributed by atoms with E-state index in [0.29, 0.717) is 11.3 Å². The second kappa shape index (κ2) is 3.09. The smallest absolute Gasteiger partial charge is 0.284 e. The fourth-order valence-electron chi connectivity index (χ4n) is 1.12. The topological polar surface area (TPSA) is 32.9 Å². The van der Waals surface area contributed by atoms with Crippen LogP contribution in [-0.2, 0) is 0 Å². The molecule has 0 saturated carbocycles. The highest BCUT2D eigenvalue weighted by atomic mass is 19.1. The molecule has 1 N–H and O–H groups in total. The standard InChI is InChI=1S/C9H12FNO/c1-5(2)7-4-6(3)11-9(12)8(7)10/h4-5H,1-3H3,(H,11,12). The molecule has 0 spiro atoms. The van der Waals surface area contributed by atoms with Crippen molar-refractivity contribution in [3.63, 3.8) is 0 Å². The Bertz CT molecular complexity index is 341. The molecule has 0 aliphatic rings. The third kappa shape index (κ3) is 1.55.